The van der Waals surface area contributed by atoms with E-state index in [2.05, 4.69) is 48.3 Å². The second-order valence-corrected chi connectivity index (χ2v) is 10.3. The average Bonchev–Trinajstić information content (AvgIpc) is 2.80. The maximum absolute atomic E-state index is 13.4. The topological polar surface area (TPSA) is 62.7 Å². The lowest BCUT2D eigenvalue weighted by Gasteiger charge is -2.46. The van der Waals surface area contributed by atoms with E-state index in [1.54, 1.807) is 13.8 Å². The summed E-state index contributed by atoms with van der Waals surface area (Å²) >= 11 is 0. The van der Waals surface area contributed by atoms with Crippen molar-refractivity contribution in [2.75, 3.05) is 6.54 Å². The van der Waals surface area contributed by atoms with Gasteiger partial charge in [0.1, 0.15) is 5.60 Å². The van der Waals surface area contributed by atoms with Gasteiger partial charge in [0.2, 0.25) is 0 Å². The van der Waals surface area contributed by atoms with Crippen LogP contribution >= 0.6 is 0 Å². The molecule has 1 fully saturated rings. The van der Waals surface area contributed by atoms with Gasteiger partial charge in [-0.25, -0.2) is 4.79 Å². The zero-order valence-electron chi connectivity index (χ0n) is 21.4. The van der Waals surface area contributed by atoms with E-state index < -0.39 is 11.2 Å². The van der Waals surface area contributed by atoms with Crippen LogP contribution in [0.15, 0.2) is 66.7 Å². The first-order chi connectivity index (χ1) is 16.6. The fourth-order valence-electron chi connectivity index (χ4n) is 5.36. The summed E-state index contributed by atoms with van der Waals surface area (Å²) in [7, 11) is 0. The lowest BCUT2D eigenvalue weighted by Crippen LogP contribution is -2.51. The molecule has 5 nitrogen and oxygen atoms in total. The van der Waals surface area contributed by atoms with E-state index in [1.165, 1.54) is 0 Å². The zero-order valence-corrected chi connectivity index (χ0v) is 21.4. The molecular formula is C30H36N2O3. The summed E-state index contributed by atoms with van der Waals surface area (Å²) in [6.45, 7) is 10.2. The minimum atomic E-state index is -0.970. The largest absolute Gasteiger partial charge is 0.438 e. The Kier molecular flexibility index (Phi) is 7.00. The molecule has 5 heteroatoms. The SMILES string of the molecule is CCC(c1ccc(-c2cc(C)nc(C)c2)cc1)N1CCC(CC(C)(C)O)(c2ccccc2)OC1=O. The van der Waals surface area contributed by atoms with Gasteiger partial charge in [-0.1, -0.05) is 61.5 Å². The number of carbonyl (C=O) groups excluding carboxylic acids is 1. The number of nitrogens with zero attached hydrogens (tertiary/aromatic N) is 2. The molecule has 1 aliphatic heterocycles. The third kappa shape index (κ3) is 5.57. The predicted molar refractivity (Wildman–Crippen MR) is 139 cm³/mol. The average molecular weight is 473 g/mol. The number of rotatable bonds is 7. The van der Waals surface area contributed by atoms with Crippen molar-refractivity contribution in [2.45, 2.75) is 71.1 Å². The Balaban J connectivity index is 1.57. The molecule has 1 aromatic heterocycles. The van der Waals surface area contributed by atoms with Gasteiger partial charge in [-0.2, -0.15) is 0 Å². The second-order valence-electron chi connectivity index (χ2n) is 10.3. The van der Waals surface area contributed by atoms with Crippen molar-refractivity contribution >= 4 is 6.09 Å². The quantitative estimate of drug-likeness (QED) is 0.415. The zero-order chi connectivity index (χ0) is 25.2. The van der Waals surface area contributed by atoms with Crippen LogP contribution in [0.3, 0.4) is 0 Å². The monoisotopic (exact) mass is 472 g/mol. The van der Waals surface area contributed by atoms with Crippen LogP contribution in [0.5, 0.6) is 0 Å². The molecule has 2 atom stereocenters. The van der Waals surface area contributed by atoms with Crippen molar-refractivity contribution in [3.8, 4) is 11.1 Å². The number of pyridine rings is 1. The smallest absolute Gasteiger partial charge is 0.411 e. The van der Waals surface area contributed by atoms with E-state index in [1.807, 2.05) is 49.1 Å². The van der Waals surface area contributed by atoms with E-state index in [0.29, 0.717) is 19.4 Å². The Morgan fingerprint density at radius 1 is 1.03 bits per heavy atom. The molecule has 0 bridgehead atoms. The molecule has 184 valence electrons. The predicted octanol–water partition coefficient (Wildman–Crippen LogP) is 6.72. The highest BCUT2D eigenvalue weighted by Crippen LogP contribution is 2.43. The summed E-state index contributed by atoms with van der Waals surface area (Å²) < 4.78 is 6.19. The van der Waals surface area contributed by atoms with Gasteiger partial charge in [0.05, 0.1) is 11.6 Å². The van der Waals surface area contributed by atoms with Crippen LogP contribution < -0.4 is 0 Å². The summed E-state index contributed by atoms with van der Waals surface area (Å²) in [4.78, 5) is 19.7. The third-order valence-corrected chi connectivity index (χ3v) is 6.76. The van der Waals surface area contributed by atoms with Crippen molar-refractivity contribution in [3.05, 3.63) is 89.2 Å². The Hall–Kier alpha value is -3.18. The molecule has 2 heterocycles. The molecular weight excluding hydrogens is 436 g/mol. The van der Waals surface area contributed by atoms with Gasteiger partial charge in [-0.3, -0.25) is 4.98 Å². The van der Waals surface area contributed by atoms with E-state index in [9.17, 15) is 9.90 Å². The van der Waals surface area contributed by atoms with Crippen LogP contribution in [0.25, 0.3) is 11.1 Å². The van der Waals surface area contributed by atoms with Gasteiger partial charge in [-0.05, 0) is 68.5 Å². The van der Waals surface area contributed by atoms with Gasteiger partial charge >= 0.3 is 6.09 Å². The molecule has 1 N–H and O–H groups in total. The second kappa shape index (κ2) is 9.82. The normalized spacial score (nSPS) is 19.4. The summed E-state index contributed by atoms with van der Waals surface area (Å²) in [5, 5.41) is 10.6. The molecule has 2 unspecified atom stereocenters. The summed E-state index contributed by atoms with van der Waals surface area (Å²) in [6.07, 6.45) is 1.42. The van der Waals surface area contributed by atoms with Crippen molar-refractivity contribution < 1.29 is 14.6 Å². The Bertz CT molecular complexity index is 1150. The molecule has 0 aliphatic carbocycles. The maximum Gasteiger partial charge on any atom is 0.411 e. The molecule has 1 amide bonds. The first-order valence-electron chi connectivity index (χ1n) is 12.4. The molecule has 0 radical (unpaired) electrons. The summed E-state index contributed by atoms with van der Waals surface area (Å²) in [5.41, 5.74) is 4.48. The van der Waals surface area contributed by atoms with Crippen LogP contribution in [0, 0.1) is 13.8 Å². The van der Waals surface area contributed by atoms with Crippen LogP contribution in [0.4, 0.5) is 4.79 Å². The highest BCUT2D eigenvalue weighted by Gasteiger charge is 2.46. The summed E-state index contributed by atoms with van der Waals surface area (Å²) in [5.74, 6) is 0. The van der Waals surface area contributed by atoms with Crippen LogP contribution in [-0.4, -0.2) is 33.2 Å². The van der Waals surface area contributed by atoms with Crippen molar-refractivity contribution in [1.29, 1.82) is 0 Å². The minimum Gasteiger partial charge on any atom is -0.438 e. The van der Waals surface area contributed by atoms with Gasteiger partial charge in [0.15, 0.2) is 0 Å². The molecule has 2 aromatic carbocycles. The van der Waals surface area contributed by atoms with Crippen LogP contribution in [-0.2, 0) is 10.3 Å². The maximum atomic E-state index is 13.4. The van der Waals surface area contributed by atoms with Crippen LogP contribution in [0.1, 0.15) is 68.6 Å². The number of ether oxygens (including phenoxy) is 1. The van der Waals surface area contributed by atoms with E-state index >= 15 is 0 Å². The number of carbonyl (C=O) groups is 1. The first kappa shape index (κ1) is 24.9. The molecule has 1 saturated heterocycles. The first-order valence-corrected chi connectivity index (χ1v) is 12.4. The van der Waals surface area contributed by atoms with E-state index in [-0.39, 0.29) is 12.1 Å². The highest BCUT2D eigenvalue weighted by atomic mass is 16.6. The van der Waals surface area contributed by atoms with Crippen molar-refractivity contribution in [2.24, 2.45) is 0 Å². The number of cyclic esters (lactones) is 1. The Morgan fingerprint density at radius 3 is 2.20 bits per heavy atom. The number of benzene rings is 2. The van der Waals surface area contributed by atoms with Crippen molar-refractivity contribution in [3.63, 3.8) is 0 Å². The van der Waals surface area contributed by atoms with Gasteiger partial charge in [0.25, 0.3) is 0 Å². The third-order valence-electron chi connectivity index (χ3n) is 6.76. The number of aromatic nitrogens is 1. The van der Waals surface area contributed by atoms with E-state index in [4.69, 9.17) is 4.74 Å². The number of hydrogen-bond acceptors (Lipinski definition) is 4. The molecule has 4 rings (SSSR count). The minimum absolute atomic E-state index is 0.0756. The standard InChI is InChI=1S/C30H36N2O3/c1-6-27(24-14-12-23(13-15-24)25-18-21(2)31-22(3)19-25)32-17-16-30(35-28(32)33,20-29(4,5)34)26-10-8-7-9-11-26/h7-15,18-19,27,34H,6,16-17,20H2,1-5H3. The number of aryl methyl sites for hydroxylation is 2. The molecule has 0 spiro atoms. The van der Waals surface area contributed by atoms with E-state index in [0.717, 1.165) is 40.1 Å². The number of aliphatic hydroxyl groups is 1. The highest BCUT2D eigenvalue weighted by molar-refractivity contribution is 5.70. The van der Waals surface area contributed by atoms with Gasteiger partial charge < -0.3 is 14.7 Å². The van der Waals surface area contributed by atoms with Gasteiger partial charge in [-0.15, -0.1) is 0 Å². The molecule has 1 aliphatic rings. The number of amides is 1. The van der Waals surface area contributed by atoms with Gasteiger partial charge in [0, 0.05) is 30.8 Å². The Labute approximate surface area is 208 Å². The lowest BCUT2D eigenvalue weighted by molar-refractivity contribution is -0.102. The fraction of sp³-hybridized carbons (Fsp3) is 0.400. The Morgan fingerprint density at radius 2 is 1.66 bits per heavy atom. The summed E-state index contributed by atoms with van der Waals surface area (Å²) in [6, 6.07) is 22.4. The molecule has 0 saturated carbocycles. The van der Waals surface area contributed by atoms with Crippen molar-refractivity contribution in [1.82, 2.24) is 9.88 Å². The number of hydrogen-bond donors (Lipinski definition) is 1. The molecule has 35 heavy (non-hydrogen) atoms. The lowest BCUT2D eigenvalue weighted by atomic mass is 9.80. The molecule has 3 aromatic rings. The fourth-order valence-corrected chi connectivity index (χ4v) is 5.36. The van der Waals surface area contributed by atoms with Crippen LogP contribution in [0.2, 0.25) is 0 Å².